The molecule has 2 amide bonds. The molecule has 0 heterocycles. The molecule has 0 unspecified atom stereocenters. The first kappa shape index (κ1) is 37.3. The Balaban J connectivity index is 1.16. The number of aryl methyl sites for hydroxylation is 2. The molecular weight excluding hydrogens is 723 g/mol. The number of rotatable bonds is 10. The molecule has 0 radical (unpaired) electrons. The van der Waals surface area contributed by atoms with Crippen molar-refractivity contribution in [1.29, 1.82) is 0 Å². The van der Waals surface area contributed by atoms with Crippen molar-refractivity contribution in [3.63, 3.8) is 0 Å². The van der Waals surface area contributed by atoms with E-state index < -0.39 is 21.9 Å². The van der Waals surface area contributed by atoms with Gasteiger partial charge in [0, 0.05) is 11.1 Å². The minimum absolute atomic E-state index is 0.130. The van der Waals surface area contributed by atoms with E-state index in [-0.39, 0.29) is 17.9 Å². The lowest BCUT2D eigenvalue weighted by atomic mass is 9.79. The molecule has 0 aromatic heterocycles. The van der Waals surface area contributed by atoms with Crippen molar-refractivity contribution in [2.75, 3.05) is 0 Å². The molecule has 0 bridgehead atoms. The molecule has 1 aliphatic rings. The van der Waals surface area contributed by atoms with Gasteiger partial charge >= 0.3 is 0 Å². The monoisotopic (exact) mass is 766 g/mol. The molecule has 0 saturated heterocycles. The summed E-state index contributed by atoms with van der Waals surface area (Å²) in [4.78, 5) is 29.6. The summed E-state index contributed by atoms with van der Waals surface area (Å²) in [5.41, 5.74) is 5.97. The van der Waals surface area contributed by atoms with Crippen molar-refractivity contribution in [3.05, 3.63) is 215 Å². The highest BCUT2D eigenvalue weighted by molar-refractivity contribution is 7.80. The van der Waals surface area contributed by atoms with Gasteiger partial charge in [-0.3, -0.25) is 9.59 Å². The fourth-order valence-electron chi connectivity index (χ4n) is 8.00. The molecule has 4 nitrogen and oxygen atoms in total. The number of hydrogen-bond donors (Lipinski definition) is 2. The van der Waals surface area contributed by atoms with E-state index in [0.717, 1.165) is 28.2 Å². The third kappa shape index (κ3) is 7.74. The minimum atomic E-state index is -1.02. The summed E-state index contributed by atoms with van der Waals surface area (Å²) in [5.74, 6) is -0.273. The van der Waals surface area contributed by atoms with E-state index in [9.17, 15) is 9.59 Å². The van der Waals surface area contributed by atoms with Crippen LogP contribution in [0, 0.1) is 13.8 Å². The van der Waals surface area contributed by atoms with Crippen LogP contribution in [-0.2, 0) is 6.42 Å². The summed E-state index contributed by atoms with van der Waals surface area (Å²) in [5, 5.41) is 13.7. The average Bonchev–Trinajstić information content (AvgIpc) is 3.25. The normalized spacial score (nSPS) is 14.9. The molecule has 0 saturated carbocycles. The Morgan fingerprint density at radius 1 is 0.464 bits per heavy atom. The van der Waals surface area contributed by atoms with Crippen LogP contribution in [-0.4, -0.2) is 17.9 Å². The summed E-state index contributed by atoms with van der Waals surface area (Å²) in [6, 6.07) is 61.4. The molecule has 2 atom stereocenters. The van der Waals surface area contributed by atoms with E-state index in [1.54, 1.807) is 0 Å². The lowest BCUT2D eigenvalue weighted by Crippen LogP contribution is -2.50. The average molecular weight is 767 g/mol. The molecule has 7 aromatic rings. The van der Waals surface area contributed by atoms with Crippen LogP contribution in [0.15, 0.2) is 182 Å². The molecule has 7 aromatic carbocycles. The van der Waals surface area contributed by atoms with E-state index in [2.05, 4.69) is 146 Å². The van der Waals surface area contributed by atoms with Crippen molar-refractivity contribution in [2.45, 2.75) is 38.8 Å². The molecule has 8 rings (SSSR count). The predicted octanol–water partition coefficient (Wildman–Crippen LogP) is 8.04. The Morgan fingerprint density at radius 2 is 0.839 bits per heavy atom. The maximum Gasteiger partial charge on any atom is 0.252 e. The fraction of sp³-hybridized carbons (Fsp3) is 0.120. The number of amides is 2. The summed E-state index contributed by atoms with van der Waals surface area (Å²) in [6.45, 7) is 4.26. The first-order valence-electron chi connectivity index (χ1n) is 19.2. The number of carbonyl (C=O) groups excluding carboxylic acids is 2. The van der Waals surface area contributed by atoms with Crippen LogP contribution in [0.4, 0.5) is 0 Å². The first-order chi connectivity index (χ1) is 27.5. The van der Waals surface area contributed by atoms with Gasteiger partial charge in [0.15, 0.2) is 0 Å². The van der Waals surface area contributed by atoms with E-state index in [4.69, 9.17) is 0 Å². The molecule has 2 N–H and O–H groups in total. The third-order valence-corrected chi connectivity index (χ3v) is 15.7. The van der Waals surface area contributed by atoms with Crippen LogP contribution in [0.2, 0.25) is 0 Å². The van der Waals surface area contributed by atoms with Crippen LogP contribution in [0.25, 0.3) is 0 Å². The lowest BCUT2D eigenvalue weighted by Gasteiger charge is -2.37. The SMILES string of the molecule is Cc1ccc(C)c2c1CC[C@H](NC(=O)c1ccccc1P(c1ccccc1)c1ccccc1)[C@H]2NC(=O)c1ccccc1P(c1ccccc1)c1ccccc1. The van der Waals surface area contributed by atoms with Crippen LogP contribution < -0.4 is 42.5 Å². The molecule has 0 aliphatic heterocycles. The van der Waals surface area contributed by atoms with E-state index in [1.807, 2.05) is 60.7 Å². The van der Waals surface area contributed by atoms with Crippen LogP contribution >= 0.6 is 15.8 Å². The number of carbonyl (C=O) groups is 2. The van der Waals surface area contributed by atoms with Gasteiger partial charge in [0.25, 0.3) is 11.8 Å². The van der Waals surface area contributed by atoms with Crippen molar-refractivity contribution >= 4 is 59.5 Å². The maximum absolute atomic E-state index is 14.9. The highest BCUT2D eigenvalue weighted by Crippen LogP contribution is 2.38. The standard InChI is InChI=1S/C50H44N2O2P2/c1-35-31-32-36(2)47-41(35)33-34-44(51-49(53)42-27-15-17-29-45(42)55(37-19-7-3-8-20-37)38-21-9-4-10-22-38)48(47)52-50(54)43-28-16-18-30-46(43)56(39-23-11-5-12-24-39)40-25-13-6-14-26-40/h3-32,44,48H,33-34H2,1-2H3,(H,51,53)(H,52,54)/t44-,48+/m0/s1. The predicted molar refractivity (Wildman–Crippen MR) is 236 cm³/mol. The van der Waals surface area contributed by atoms with Crippen molar-refractivity contribution < 1.29 is 9.59 Å². The molecule has 0 fully saturated rings. The fourth-order valence-corrected chi connectivity index (χ4v) is 12.9. The van der Waals surface area contributed by atoms with Gasteiger partial charge in [-0.25, -0.2) is 0 Å². The quantitative estimate of drug-likeness (QED) is 0.139. The van der Waals surface area contributed by atoms with Gasteiger partial charge in [-0.05, 0) is 109 Å². The zero-order chi connectivity index (χ0) is 38.4. The highest BCUT2D eigenvalue weighted by Gasteiger charge is 2.36. The van der Waals surface area contributed by atoms with Crippen LogP contribution in [0.3, 0.4) is 0 Å². The Bertz CT molecular complexity index is 2380. The topological polar surface area (TPSA) is 58.2 Å². The Morgan fingerprint density at radius 3 is 1.29 bits per heavy atom. The van der Waals surface area contributed by atoms with Crippen LogP contribution in [0.1, 0.15) is 55.4 Å². The smallest absolute Gasteiger partial charge is 0.252 e. The van der Waals surface area contributed by atoms with E-state index >= 15 is 0 Å². The molecule has 0 spiro atoms. The summed E-state index contributed by atoms with van der Waals surface area (Å²) in [6.07, 6.45) is 1.51. The molecular formula is C50H44N2O2P2. The van der Waals surface area contributed by atoms with Crippen molar-refractivity contribution in [1.82, 2.24) is 10.6 Å². The molecule has 56 heavy (non-hydrogen) atoms. The second-order valence-electron chi connectivity index (χ2n) is 14.2. The second kappa shape index (κ2) is 17.0. The van der Waals surface area contributed by atoms with Crippen LogP contribution in [0.5, 0.6) is 0 Å². The van der Waals surface area contributed by atoms with E-state index in [1.165, 1.54) is 32.3 Å². The Hall–Kier alpha value is -5.66. The largest absolute Gasteiger partial charge is 0.347 e. The zero-order valence-electron chi connectivity index (χ0n) is 31.6. The number of nitrogens with one attached hydrogen (secondary N) is 2. The highest BCUT2D eigenvalue weighted by atomic mass is 31.1. The lowest BCUT2D eigenvalue weighted by molar-refractivity contribution is 0.0875. The molecule has 6 heteroatoms. The van der Waals surface area contributed by atoms with E-state index in [0.29, 0.717) is 17.5 Å². The minimum Gasteiger partial charge on any atom is -0.347 e. The Kier molecular flexibility index (Phi) is 11.3. The zero-order valence-corrected chi connectivity index (χ0v) is 33.4. The number of benzene rings is 7. The molecule has 1 aliphatic carbocycles. The summed E-state index contributed by atoms with van der Waals surface area (Å²) >= 11 is 0. The third-order valence-electron chi connectivity index (χ3n) is 10.7. The van der Waals surface area contributed by atoms with Gasteiger partial charge in [0.2, 0.25) is 0 Å². The Labute approximate surface area is 332 Å². The summed E-state index contributed by atoms with van der Waals surface area (Å²) < 4.78 is 0. The first-order valence-corrected chi connectivity index (χ1v) is 21.9. The second-order valence-corrected chi connectivity index (χ2v) is 18.6. The van der Waals surface area contributed by atoms with Gasteiger partial charge in [-0.2, -0.15) is 0 Å². The number of fused-ring (bicyclic) bond motifs is 1. The van der Waals surface area contributed by atoms with Gasteiger partial charge in [0.1, 0.15) is 0 Å². The number of hydrogen-bond acceptors (Lipinski definition) is 2. The van der Waals surface area contributed by atoms with Crippen molar-refractivity contribution in [2.24, 2.45) is 0 Å². The maximum atomic E-state index is 14.9. The van der Waals surface area contributed by atoms with Gasteiger partial charge in [-0.1, -0.05) is 170 Å². The summed E-state index contributed by atoms with van der Waals surface area (Å²) in [7, 11) is -2.03. The van der Waals surface area contributed by atoms with Gasteiger partial charge < -0.3 is 10.6 Å². The van der Waals surface area contributed by atoms with Crippen molar-refractivity contribution in [3.8, 4) is 0 Å². The van der Waals surface area contributed by atoms with Gasteiger partial charge in [-0.15, -0.1) is 0 Å². The molecule has 276 valence electrons. The van der Waals surface area contributed by atoms with Gasteiger partial charge in [0.05, 0.1) is 12.1 Å².